The molecule has 1 N–H and O–H groups in total. The molecular weight excluding hydrogens is 280 g/mol. The van der Waals surface area contributed by atoms with E-state index in [1.807, 2.05) is 12.1 Å². The molecule has 3 aromatic carbocycles. The van der Waals surface area contributed by atoms with Gasteiger partial charge in [0.25, 0.3) is 0 Å². The quantitative estimate of drug-likeness (QED) is 0.747. The highest BCUT2D eigenvalue weighted by Crippen LogP contribution is 2.34. The number of hydrazine groups is 1. The van der Waals surface area contributed by atoms with E-state index in [9.17, 15) is 0 Å². The van der Waals surface area contributed by atoms with Crippen molar-refractivity contribution in [2.45, 2.75) is 6.04 Å². The second kappa shape index (κ2) is 6.01. The topological polar surface area (TPSA) is 15.3 Å². The van der Waals surface area contributed by atoms with Crippen LogP contribution in [0.1, 0.15) is 17.2 Å². The highest BCUT2D eigenvalue weighted by Gasteiger charge is 2.26. The first-order valence-corrected chi connectivity index (χ1v) is 7.85. The van der Waals surface area contributed by atoms with Crippen LogP contribution in [0.5, 0.6) is 0 Å². The Morgan fingerprint density at radius 3 is 1.87 bits per heavy atom. The van der Waals surface area contributed by atoms with Gasteiger partial charge < -0.3 is 0 Å². The Bertz CT molecular complexity index is 795. The molecule has 1 atom stereocenters. The van der Waals surface area contributed by atoms with Crippen molar-refractivity contribution in [3.8, 4) is 0 Å². The average molecular weight is 298 g/mol. The van der Waals surface area contributed by atoms with Crippen LogP contribution in [0.3, 0.4) is 0 Å². The molecule has 0 aromatic heterocycles. The van der Waals surface area contributed by atoms with Crippen LogP contribution in [0.15, 0.2) is 97.1 Å². The molecular formula is C21H18N2. The van der Waals surface area contributed by atoms with Gasteiger partial charge in [-0.1, -0.05) is 78.9 Å². The molecule has 1 aliphatic heterocycles. The first-order chi connectivity index (χ1) is 11.4. The summed E-state index contributed by atoms with van der Waals surface area (Å²) in [5, 5.41) is 2.22. The molecule has 0 unspecified atom stereocenters. The molecule has 112 valence electrons. The summed E-state index contributed by atoms with van der Waals surface area (Å²) >= 11 is 0. The van der Waals surface area contributed by atoms with Crippen molar-refractivity contribution in [3.05, 3.63) is 108 Å². The summed E-state index contributed by atoms with van der Waals surface area (Å²) in [5.74, 6) is 0. The van der Waals surface area contributed by atoms with E-state index in [0.29, 0.717) is 0 Å². The third-order valence-electron chi connectivity index (χ3n) is 4.10. The van der Waals surface area contributed by atoms with Crippen LogP contribution in [0.4, 0.5) is 5.69 Å². The molecule has 1 aliphatic rings. The van der Waals surface area contributed by atoms with E-state index in [1.165, 1.54) is 11.1 Å². The number of nitrogens with one attached hydrogen (secondary N) is 1. The molecule has 0 bridgehead atoms. The monoisotopic (exact) mass is 298 g/mol. The van der Waals surface area contributed by atoms with Crippen molar-refractivity contribution in [2.75, 3.05) is 5.01 Å². The molecule has 0 saturated heterocycles. The average Bonchev–Trinajstić information content (AvgIpc) is 3.09. The predicted molar refractivity (Wildman–Crippen MR) is 95.7 cm³/mol. The van der Waals surface area contributed by atoms with Gasteiger partial charge in [-0.2, -0.15) is 0 Å². The molecule has 0 amide bonds. The van der Waals surface area contributed by atoms with E-state index in [2.05, 4.69) is 95.4 Å². The zero-order chi connectivity index (χ0) is 15.5. The number of hydrogen-bond donors (Lipinski definition) is 1. The minimum atomic E-state index is 0.175. The molecule has 4 rings (SSSR count). The predicted octanol–water partition coefficient (Wildman–Crippen LogP) is 4.79. The Morgan fingerprint density at radius 1 is 0.652 bits per heavy atom. The second-order valence-corrected chi connectivity index (χ2v) is 5.62. The van der Waals surface area contributed by atoms with Crippen molar-refractivity contribution < 1.29 is 0 Å². The zero-order valence-corrected chi connectivity index (χ0v) is 12.8. The van der Waals surface area contributed by atoms with Gasteiger partial charge in [0.15, 0.2) is 0 Å². The summed E-state index contributed by atoms with van der Waals surface area (Å²) < 4.78 is 0. The van der Waals surface area contributed by atoms with Gasteiger partial charge in [-0.15, -0.1) is 0 Å². The molecule has 1 heterocycles. The number of nitrogens with zero attached hydrogens (tertiary/aromatic N) is 1. The number of benzene rings is 3. The van der Waals surface area contributed by atoms with E-state index < -0.39 is 0 Å². The molecule has 2 heteroatoms. The van der Waals surface area contributed by atoms with Crippen LogP contribution in [-0.2, 0) is 0 Å². The SMILES string of the molecule is C1=C(c2ccccc2)NN(c2ccccc2)[C@@H]1c1ccccc1. The molecule has 0 spiro atoms. The van der Waals surface area contributed by atoms with E-state index >= 15 is 0 Å². The normalized spacial score (nSPS) is 16.8. The molecule has 0 radical (unpaired) electrons. The molecule has 0 fully saturated rings. The summed E-state index contributed by atoms with van der Waals surface area (Å²) in [7, 11) is 0. The number of hydrogen-bond acceptors (Lipinski definition) is 2. The van der Waals surface area contributed by atoms with Crippen LogP contribution in [0, 0.1) is 0 Å². The van der Waals surface area contributed by atoms with Crippen LogP contribution >= 0.6 is 0 Å². The van der Waals surface area contributed by atoms with Crippen molar-refractivity contribution in [1.82, 2.24) is 5.43 Å². The van der Waals surface area contributed by atoms with Gasteiger partial charge in [0.1, 0.15) is 0 Å². The highest BCUT2D eigenvalue weighted by molar-refractivity contribution is 5.72. The Morgan fingerprint density at radius 2 is 1.22 bits per heavy atom. The first kappa shape index (κ1) is 13.6. The van der Waals surface area contributed by atoms with Gasteiger partial charge in [0, 0.05) is 0 Å². The summed E-state index contributed by atoms with van der Waals surface area (Å²) in [6, 6.07) is 31.7. The van der Waals surface area contributed by atoms with Gasteiger partial charge in [-0.3, -0.25) is 10.4 Å². The number of para-hydroxylation sites is 1. The summed E-state index contributed by atoms with van der Waals surface area (Å²) in [6.07, 6.45) is 2.29. The van der Waals surface area contributed by atoms with Gasteiger partial charge in [0.05, 0.1) is 17.4 Å². The van der Waals surface area contributed by atoms with Gasteiger partial charge >= 0.3 is 0 Å². The van der Waals surface area contributed by atoms with Crippen molar-refractivity contribution in [3.63, 3.8) is 0 Å². The fraction of sp³-hybridized carbons (Fsp3) is 0.0476. The Labute approximate surface area is 136 Å². The number of rotatable bonds is 3. The van der Waals surface area contributed by atoms with Gasteiger partial charge in [-0.25, -0.2) is 0 Å². The lowest BCUT2D eigenvalue weighted by atomic mass is 10.0. The van der Waals surface area contributed by atoms with E-state index in [1.54, 1.807) is 0 Å². The summed E-state index contributed by atoms with van der Waals surface area (Å²) in [5.41, 5.74) is 8.34. The third kappa shape index (κ3) is 2.71. The van der Waals surface area contributed by atoms with Crippen LogP contribution < -0.4 is 10.4 Å². The smallest absolute Gasteiger partial charge is 0.0958 e. The molecule has 2 nitrogen and oxygen atoms in total. The van der Waals surface area contributed by atoms with Crippen LogP contribution in [-0.4, -0.2) is 0 Å². The second-order valence-electron chi connectivity index (χ2n) is 5.62. The maximum absolute atomic E-state index is 3.57. The van der Waals surface area contributed by atoms with Crippen LogP contribution in [0.2, 0.25) is 0 Å². The first-order valence-electron chi connectivity index (χ1n) is 7.85. The van der Waals surface area contributed by atoms with Crippen molar-refractivity contribution in [1.29, 1.82) is 0 Å². The maximum atomic E-state index is 3.57. The van der Waals surface area contributed by atoms with E-state index in [-0.39, 0.29) is 6.04 Å². The minimum Gasteiger partial charge on any atom is -0.297 e. The largest absolute Gasteiger partial charge is 0.297 e. The standard InChI is InChI=1S/C21H18N2/c1-4-10-17(11-5-1)20-16-21(18-12-6-2-7-13-18)23(22-20)19-14-8-3-9-15-19/h1-16,21-22H/t21-/m0/s1. The number of anilines is 1. The lowest BCUT2D eigenvalue weighted by Gasteiger charge is -2.27. The Balaban J connectivity index is 1.75. The zero-order valence-electron chi connectivity index (χ0n) is 12.8. The molecule has 0 saturated carbocycles. The summed E-state index contributed by atoms with van der Waals surface area (Å²) in [4.78, 5) is 0. The fourth-order valence-electron chi connectivity index (χ4n) is 2.96. The third-order valence-corrected chi connectivity index (χ3v) is 4.10. The van der Waals surface area contributed by atoms with Gasteiger partial charge in [0.2, 0.25) is 0 Å². The minimum absolute atomic E-state index is 0.175. The Hall–Kier alpha value is -3.00. The van der Waals surface area contributed by atoms with Crippen LogP contribution in [0.25, 0.3) is 5.70 Å². The fourth-order valence-corrected chi connectivity index (χ4v) is 2.96. The van der Waals surface area contributed by atoms with Crippen molar-refractivity contribution >= 4 is 11.4 Å². The van der Waals surface area contributed by atoms with E-state index in [0.717, 1.165) is 11.4 Å². The van der Waals surface area contributed by atoms with Crippen molar-refractivity contribution in [2.24, 2.45) is 0 Å². The maximum Gasteiger partial charge on any atom is 0.0958 e. The van der Waals surface area contributed by atoms with Gasteiger partial charge in [-0.05, 0) is 29.3 Å². The Kier molecular flexibility index (Phi) is 3.57. The molecule has 3 aromatic rings. The summed E-state index contributed by atoms with van der Waals surface area (Å²) in [6.45, 7) is 0. The van der Waals surface area contributed by atoms with E-state index in [4.69, 9.17) is 0 Å². The molecule has 0 aliphatic carbocycles. The lowest BCUT2D eigenvalue weighted by molar-refractivity contribution is 0.724. The molecule has 23 heavy (non-hydrogen) atoms. The lowest BCUT2D eigenvalue weighted by Crippen LogP contribution is -2.33. The highest BCUT2D eigenvalue weighted by atomic mass is 15.5.